The van der Waals surface area contributed by atoms with E-state index in [1.807, 2.05) is 0 Å². The van der Waals surface area contributed by atoms with Crippen LogP contribution in [-0.2, 0) is 14.8 Å². The Balaban J connectivity index is 2.07. The van der Waals surface area contributed by atoms with Crippen LogP contribution in [0, 0.1) is 5.92 Å². The molecule has 0 saturated carbocycles. The van der Waals surface area contributed by atoms with Crippen LogP contribution in [0.5, 0.6) is 0 Å². The van der Waals surface area contributed by atoms with Crippen molar-refractivity contribution in [2.24, 2.45) is 5.92 Å². The van der Waals surface area contributed by atoms with Crippen molar-refractivity contribution >= 4 is 39.1 Å². The first-order chi connectivity index (χ1) is 11.9. The largest absolute Gasteiger partial charge is 0.356 e. The zero-order valence-electron chi connectivity index (χ0n) is 14.3. The molecular formula is C17H24Cl2N2O3S. The van der Waals surface area contributed by atoms with E-state index in [2.05, 4.69) is 12.2 Å². The Kier molecular flexibility index (Phi) is 7.55. The minimum Gasteiger partial charge on any atom is -0.356 e. The van der Waals surface area contributed by atoms with Gasteiger partial charge in [0, 0.05) is 24.7 Å². The molecule has 0 radical (unpaired) electrons. The van der Waals surface area contributed by atoms with Gasteiger partial charge in [-0.1, -0.05) is 43.0 Å². The van der Waals surface area contributed by atoms with E-state index in [9.17, 15) is 13.2 Å². The van der Waals surface area contributed by atoms with Crippen molar-refractivity contribution in [1.82, 2.24) is 9.62 Å². The molecule has 0 aromatic heterocycles. The third kappa shape index (κ3) is 5.33. The summed E-state index contributed by atoms with van der Waals surface area (Å²) in [4.78, 5) is 12.3. The van der Waals surface area contributed by atoms with E-state index in [0.717, 1.165) is 19.3 Å². The number of amides is 1. The summed E-state index contributed by atoms with van der Waals surface area (Å²) in [6.45, 7) is 3.29. The van der Waals surface area contributed by atoms with Crippen molar-refractivity contribution in [1.29, 1.82) is 0 Å². The minimum absolute atomic E-state index is 0.00864. The second kappa shape index (κ2) is 9.21. The molecule has 1 saturated heterocycles. The van der Waals surface area contributed by atoms with Crippen LogP contribution in [0.1, 0.15) is 39.0 Å². The fourth-order valence-electron chi connectivity index (χ4n) is 2.92. The lowest BCUT2D eigenvalue weighted by Crippen LogP contribution is -2.45. The van der Waals surface area contributed by atoms with Gasteiger partial charge in [-0.15, -0.1) is 0 Å². The molecule has 1 fully saturated rings. The molecule has 1 aliphatic heterocycles. The standard InChI is InChI=1S/C17H24Cl2N2O3S/c1-2-3-4-9-20-17(22)13-6-5-10-21(12-13)25(23,24)16-11-14(18)7-8-15(16)19/h7-8,11,13H,2-6,9-10,12H2,1H3,(H,20,22)/t13-/m1/s1. The van der Waals surface area contributed by atoms with E-state index in [0.29, 0.717) is 31.0 Å². The van der Waals surface area contributed by atoms with Gasteiger partial charge in [-0.2, -0.15) is 4.31 Å². The number of benzene rings is 1. The lowest BCUT2D eigenvalue weighted by Gasteiger charge is -2.31. The van der Waals surface area contributed by atoms with Crippen LogP contribution in [-0.4, -0.2) is 38.3 Å². The number of nitrogens with zero attached hydrogens (tertiary/aromatic N) is 1. The first kappa shape index (κ1) is 20.5. The number of piperidine rings is 1. The molecule has 1 heterocycles. The molecule has 0 unspecified atom stereocenters. The highest BCUT2D eigenvalue weighted by molar-refractivity contribution is 7.89. The summed E-state index contributed by atoms with van der Waals surface area (Å²) in [5.74, 6) is -0.406. The highest BCUT2D eigenvalue weighted by Gasteiger charge is 2.34. The van der Waals surface area contributed by atoms with Gasteiger partial charge in [0.25, 0.3) is 0 Å². The first-order valence-corrected chi connectivity index (χ1v) is 10.8. The average molecular weight is 407 g/mol. The molecule has 8 heteroatoms. The van der Waals surface area contributed by atoms with E-state index in [4.69, 9.17) is 23.2 Å². The molecule has 0 bridgehead atoms. The van der Waals surface area contributed by atoms with E-state index in [1.54, 1.807) is 6.07 Å². The van der Waals surface area contributed by atoms with Crippen molar-refractivity contribution in [3.05, 3.63) is 28.2 Å². The Hall–Kier alpha value is -0.820. The Labute approximate surface area is 159 Å². The van der Waals surface area contributed by atoms with Gasteiger partial charge < -0.3 is 5.32 Å². The number of unbranched alkanes of at least 4 members (excludes halogenated alkanes) is 2. The Morgan fingerprint density at radius 2 is 2.08 bits per heavy atom. The van der Waals surface area contributed by atoms with Crippen LogP contribution >= 0.6 is 23.2 Å². The van der Waals surface area contributed by atoms with Gasteiger partial charge >= 0.3 is 0 Å². The molecule has 1 aromatic rings. The molecular weight excluding hydrogens is 383 g/mol. The SMILES string of the molecule is CCCCCNC(=O)[C@@H]1CCCN(S(=O)(=O)c2cc(Cl)ccc2Cl)C1. The fraction of sp³-hybridized carbons (Fsp3) is 0.588. The predicted octanol–water partition coefficient (Wildman–Crippen LogP) is 3.70. The molecule has 1 aromatic carbocycles. The van der Waals surface area contributed by atoms with E-state index in [1.165, 1.54) is 16.4 Å². The monoisotopic (exact) mass is 406 g/mol. The second-order valence-corrected chi connectivity index (χ2v) is 9.03. The summed E-state index contributed by atoms with van der Waals surface area (Å²) < 4.78 is 27.1. The van der Waals surface area contributed by atoms with Gasteiger partial charge in [-0.25, -0.2) is 8.42 Å². The van der Waals surface area contributed by atoms with Crippen LogP contribution in [0.3, 0.4) is 0 Å². The Morgan fingerprint density at radius 3 is 2.80 bits per heavy atom. The number of carbonyl (C=O) groups is 1. The lowest BCUT2D eigenvalue weighted by molar-refractivity contribution is -0.126. The number of hydrogen-bond acceptors (Lipinski definition) is 3. The molecule has 5 nitrogen and oxygen atoms in total. The van der Waals surface area contributed by atoms with E-state index in [-0.39, 0.29) is 28.3 Å². The summed E-state index contributed by atoms with van der Waals surface area (Å²) in [5, 5.41) is 3.36. The van der Waals surface area contributed by atoms with Crippen molar-refractivity contribution in [3.8, 4) is 0 Å². The number of carbonyl (C=O) groups excluding carboxylic acids is 1. The maximum absolute atomic E-state index is 12.9. The molecule has 0 spiro atoms. The molecule has 1 aliphatic rings. The third-order valence-corrected chi connectivity index (χ3v) is 6.93. The summed E-state index contributed by atoms with van der Waals surface area (Å²) in [5.41, 5.74) is 0. The highest BCUT2D eigenvalue weighted by Crippen LogP contribution is 2.30. The normalized spacial score (nSPS) is 18.9. The Morgan fingerprint density at radius 1 is 1.32 bits per heavy atom. The van der Waals surface area contributed by atoms with Gasteiger partial charge in [-0.05, 0) is 37.5 Å². The quantitative estimate of drug-likeness (QED) is 0.701. The van der Waals surface area contributed by atoms with Crippen molar-refractivity contribution in [3.63, 3.8) is 0 Å². The maximum atomic E-state index is 12.9. The van der Waals surface area contributed by atoms with Crippen molar-refractivity contribution < 1.29 is 13.2 Å². The molecule has 2 rings (SSSR count). The number of nitrogens with one attached hydrogen (secondary N) is 1. The smallest absolute Gasteiger partial charge is 0.244 e. The van der Waals surface area contributed by atoms with Crippen LogP contribution < -0.4 is 5.32 Å². The highest BCUT2D eigenvalue weighted by atomic mass is 35.5. The number of halogens is 2. The zero-order chi connectivity index (χ0) is 18.4. The third-order valence-electron chi connectivity index (χ3n) is 4.35. The van der Waals surface area contributed by atoms with Gasteiger partial charge in [-0.3, -0.25) is 4.79 Å². The fourth-order valence-corrected chi connectivity index (χ4v) is 5.18. The predicted molar refractivity (Wildman–Crippen MR) is 100 cm³/mol. The number of hydrogen-bond donors (Lipinski definition) is 1. The maximum Gasteiger partial charge on any atom is 0.244 e. The van der Waals surface area contributed by atoms with E-state index < -0.39 is 10.0 Å². The summed E-state index contributed by atoms with van der Waals surface area (Å²) in [6, 6.07) is 4.37. The molecule has 0 aliphatic carbocycles. The number of sulfonamides is 1. The van der Waals surface area contributed by atoms with Crippen molar-refractivity contribution in [2.45, 2.75) is 43.9 Å². The van der Waals surface area contributed by atoms with Gasteiger partial charge in [0.05, 0.1) is 10.9 Å². The van der Waals surface area contributed by atoms with Gasteiger partial charge in [0.1, 0.15) is 4.90 Å². The molecule has 1 amide bonds. The van der Waals surface area contributed by atoms with Crippen molar-refractivity contribution in [2.75, 3.05) is 19.6 Å². The summed E-state index contributed by atoms with van der Waals surface area (Å²) >= 11 is 12.0. The molecule has 140 valence electrons. The topological polar surface area (TPSA) is 66.5 Å². The van der Waals surface area contributed by atoms with Gasteiger partial charge in [0.2, 0.25) is 15.9 Å². The summed E-state index contributed by atoms with van der Waals surface area (Å²) in [7, 11) is -3.77. The van der Waals surface area contributed by atoms with Crippen LogP contribution in [0.4, 0.5) is 0 Å². The zero-order valence-corrected chi connectivity index (χ0v) is 16.6. The van der Waals surface area contributed by atoms with Crippen LogP contribution in [0.15, 0.2) is 23.1 Å². The summed E-state index contributed by atoms with van der Waals surface area (Å²) in [6.07, 6.45) is 4.43. The molecule has 1 atom stereocenters. The second-order valence-electron chi connectivity index (χ2n) is 6.28. The van der Waals surface area contributed by atoms with Crippen LogP contribution in [0.2, 0.25) is 10.0 Å². The van der Waals surface area contributed by atoms with Gasteiger partial charge in [0.15, 0.2) is 0 Å². The minimum atomic E-state index is -3.77. The van der Waals surface area contributed by atoms with E-state index >= 15 is 0 Å². The Bertz CT molecular complexity index is 710. The molecule has 1 N–H and O–H groups in total. The van der Waals surface area contributed by atoms with Crippen LogP contribution in [0.25, 0.3) is 0 Å². The molecule has 25 heavy (non-hydrogen) atoms. The average Bonchev–Trinajstić information content (AvgIpc) is 2.60. The lowest BCUT2D eigenvalue weighted by atomic mass is 9.99. The first-order valence-electron chi connectivity index (χ1n) is 8.59. The number of rotatable bonds is 7.